The molecule has 1 amide bonds. The maximum absolute atomic E-state index is 12.7. The minimum absolute atomic E-state index is 0.0969. The van der Waals surface area contributed by atoms with Crippen molar-refractivity contribution in [2.45, 2.75) is 31.6 Å². The number of carbonyl (C=O) groups is 1. The third-order valence-electron chi connectivity index (χ3n) is 6.22. The highest BCUT2D eigenvalue weighted by molar-refractivity contribution is 5.75. The number of benzene rings is 2. The monoisotopic (exact) mass is 422 g/mol. The van der Waals surface area contributed by atoms with Gasteiger partial charge in [-0.3, -0.25) is 4.99 Å². The van der Waals surface area contributed by atoms with Gasteiger partial charge in [0.05, 0.1) is 7.11 Å². The Morgan fingerprint density at radius 1 is 0.968 bits per heavy atom. The number of guanidine groups is 1. The van der Waals surface area contributed by atoms with E-state index in [0.29, 0.717) is 31.5 Å². The highest BCUT2D eigenvalue weighted by Gasteiger charge is 2.28. The Morgan fingerprint density at radius 2 is 1.48 bits per heavy atom. The van der Waals surface area contributed by atoms with Crippen LogP contribution in [0.25, 0.3) is 0 Å². The van der Waals surface area contributed by atoms with Gasteiger partial charge in [0.25, 0.3) is 0 Å². The first-order valence-corrected chi connectivity index (χ1v) is 11.0. The van der Waals surface area contributed by atoms with E-state index in [1.54, 1.807) is 0 Å². The normalized spacial score (nSPS) is 18.4. The average Bonchev–Trinajstić information content (AvgIpc) is 2.81. The van der Waals surface area contributed by atoms with Crippen molar-refractivity contribution >= 4 is 12.1 Å². The molecule has 0 saturated heterocycles. The number of hydrogen-bond donors (Lipinski definition) is 2. The van der Waals surface area contributed by atoms with Crippen LogP contribution in [0.15, 0.2) is 65.7 Å². The van der Waals surface area contributed by atoms with Crippen LogP contribution in [0.3, 0.4) is 0 Å². The minimum atomic E-state index is -0.264. The predicted molar refractivity (Wildman–Crippen MR) is 125 cm³/mol. The molecule has 0 aliphatic heterocycles. The predicted octanol–water partition coefficient (Wildman–Crippen LogP) is 3.97. The lowest BCUT2D eigenvalue weighted by Crippen LogP contribution is -2.39. The molecule has 6 heteroatoms. The number of hydrogen-bond acceptors (Lipinski definition) is 3. The molecule has 2 aromatic carbocycles. The van der Waals surface area contributed by atoms with E-state index in [9.17, 15) is 4.79 Å². The summed E-state index contributed by atoms with van der Waals surface area (Å²) in [5.41, 5.74) is 13.3. The van der Waals surface area contributed by atoms with Crippen molar-refractivity contribution in [3.05, 3.63) is 71.8 Å². The summed E-state index contributed by atoms with van der Waals surface area (Å²) in [5.74, 6) is 1.24. The first-order chi connectivity index (χ1) is 15.1. The van der Waals surface area contributed by atoms with Crippen LogP contribution < -0.4 is 11.5 Å². The van der Waals surface area contributed by atoms with E-state index in [2.05, 4.69) is 29.3 Å². The van der Waals surface area contributed by atoms with E-state index in [1.807, 2.05) is 41.3 Å². The Labute approximate surface area is 185 Å². The molecule has 2 aromatic rings. The molecule has 31 heavy (non-hydrogen) atoms. The van der Waals surface area contributed by atoms with Crippen LogP contribution in [0.5, 0.6) is 0 Å². The Bertz CT molecular complexity index is 790. The van der Waals surface area contributed by atoms with Gasteiger partial charge in [-0.25, -0.2) is 4.79 Å². The Kier molecular flexibility index (Phi) is 8.33. The quantitative estimate of drug-likeness (QED) is 0.497. The van der Waals surface area contributed by atoms with Crippen LogP contribution >= 0.6 is 0 Å². The zero-order valence-electron chi connectivity index (χ0n) is 18.3. The molecule has 1 saturated carbocycles. The largest absolute Gasteiger partial charge is 0.453 e. The van der Waals surface area contributed by atoms with E-state index in [0.717, 1.165) is 25.7 Å². The van der Waals surface area contributed by atoms with Crippen molar-refractivity contribution in [1.29, 1.82) is 0 Å². The first-order valence-electron chi connectivity index (χ1n) is 11.0. The molecule has 4 N–H and O–H groups in total. The number of ether oxygens (including phenoxy) is 1. The lowest BCUT2D eigenvalue weighted by molar-refractivity contribution is 0.107. The number of carbonyl (C=O) groups excluding carboxylic acids is 1. The molecule has 0 atom stereocenters. The van der Waals surface area contributed by atoms with Gasteiger partial charge in [-0.1, -0.05) is 60.7 Å². The fraction of sp³-hybridized carbons (Fsp3) is 0.440. The number of nitrogens with two attached hydrogens (primary N) is 2. The second-order valence-electron chi connectivity index (χ2n) is 8.40. The van der Waals surface area contributed by atoms with E-state index in [-0.39, 0.29) is 18.0 Å². The van der Waals surface area contributed by atoms with Crippen LogP contribution in [0.2, 0.25) is 0 Å². The Morgan fingerprint density at radius 3 is 1.97 bits per heavy atom. The molecule has 1 aliphatic rings. The SMILES string of the molecule is COC(=O)N(CC1CCC(CN=C(N)N)CC1)CC(c1ccccc1)c1ccccc1. The number of rotatable bonds is 8. The second kappa shape index (κ2) is 11.4. The lowest BCUT2D eigenvalue weighted by Gasteiger charge is -2.33. The average molecular weight is 423 g/mol. The van der Waals surface area contributed by atoms with Crippen molar-refractivity contribution in [3.8, 4) is 0 Å². The number of amides is 1. The molecule has 1 fully saturated rings. The van der Waals surface area contributed by atoms with Gasteiger partial charge in [0.1, 0.15) is 0 Å². The number of aliphatic imine (C=N–C) groups is 1. The molecule has 0 radical (unpaired) electrons. The molecule has 166 valence electrons. The fourth-order valence-electron chi connectivity index (χ4n) is 4.49. The van der Waals surface area contributed by atoms with Crippen LogP contribution in [0.1, 0.15) is 42.7 Å². The molecule has 0 bridgehead atoms. The standard InChI is InChI=1S/C25H34N4O2/c1-31-25(30)29(17-20-14-12-19(13-15-20)16-28-24(26)27)18-23(21-8-4-2-5-9-21)22-10-6-3-7-11-22/h2-11,19-20,23H,12-18H2,1H3,(H4,26,27,28). The topological polar surface area (TPSA) is 93.9 Å². The van der Waals surface area contributed by atoms with E-state index >= 15 is 0 Å². The zero-order chi connectivity index (χ0) is 22.1. The first kappa shape index (κ1) is 22.7. The highest BCUT2D eigenvalue weighted by Crippen LogP contribution is 2.31. The summed E-state index contributed by atoms with van der Waals surface area (Å²) in [5, 5.41) is 0. The van der Waals surface area contributed by atoms with Gasteiger partial charge in [0.15, 0.2) is 5.96 Å². The third-order valence-corrected chi connectivity index (χ3v) is 6.22. The molecule has 6 nitrogen and oxygen atoms in total. The van der Waals surface area contributed by atoms with Gasteiger partial charge < -0.3 is 21.1 Å². The molecule has 0 spiro atoms. The van der Waals surface area contributed by atoms with Crippen LogP contribution in [0, 0.1) is 11.8 Å². The van der Waals surface area contributed by atoms with Crippen LogP contribution in [0.4, 0.5) is 4.79 Å². The third kappa shape index (κ3) is 6.74. The van der Waals surface area contributed by atoms with Gasteiger partial charge in [0, 0.05) is 25.6 Å². The second-order valence-corrected chi connectivity index (χ2v) is 8.40. The molecular weight excluding hydrogens is 388 g/mol. The van der Waals surface area contributed by atoms with Crippen LogP contribution in [-0.4, -0.2) is 43.7 Å². The lowest BCUT2D eigenvalue weighted by atomic mass is 9.81. The smallest absolute Gasteiger partial charge is 0.409 e. The van der Waals surface area contributed by atoms with Crippen LogP contribution in [-0.2, 0) is 4.74 Å². The summed E-state index contributed by atoms with van der Waals surface area (Å²) in [7, 11) is 1.46. The molecule has 0 heterocycles. The zero-order valence-corrected chi connectivity index (χ0v) is 18.3. The molecule has 0 aromatic heterocycles. The van der Waals surface area contributed by atoms with Crippen molar-refractivity contribution < 1.29 is 9.53 Å². The minimum Gasteiger partial charge on any atom is -0.453 e. The highest BCUT2D eigenvalue weighted by atomic mass is 16.5. The summed E-state index contributed by atoms with van der Waals surface area (Å²) < 4.78 is 5.15. The van der Waals surface area contributed by atoms with E-state index in [4.69, 9.17) is 16.2 Å². The summed E-state index contributed by atoms with van der Waals surface area (Å²) in [4.78, 5) is 18.7. The van der Waals surface area contributed by atoms with Crippen molar-refractivity contribution in [2.75, 3.05) is 26.7 Å². The molecule has 1 aliphatic carbocycles. The van der Waals surface area contributed by atoms with Gasteiger partial charge in [0.2, 0.25) is 0 Å². The maximum Gasteiger partial charge on any atom is 0.409 e. The molecular formula is C25H34N4O2. The Hall–Kier alpha value is -3.02. The summed E-state index contributed by atoms with van der Waals surface area (Å²) in [6.45, 7) is 1.99. The van der Waals surface area contributed by atoms with E-state index in [1.165, 1.54) is 18.2 Å². The number of nitrogens with zero attached hydrogens (tertiary/aromatic N) is 2. The number of methoxy groups -OCH3 is 1. The van der Waals surface area contributed by atoms with Gasteiger partial charge >= 0.3 is 6.09 Å². The molecule has 3 rings (SSSR count). The molecule has 0 unspecified atom stereocenters. The fourth-order valence-corrected chi connectivity index (χ4v) is 4.49. The summed E-state index contributed by atoms with van der Waals surface area (Å²) >= 11 is 0. The van der Waals surface area contributed by atoms with Gasteiger partial charge in [-0.05, 0) is 48.6 Å². The summed E-state index contributed by atoms with van der Waals surface area (Å²) in [6, 6.07) is 20.7. The van der Waals surface area contributed by atoms with Crippen molar-refractivity contribution in [1.82, 2.24) is 4.90 Å². The van der Waals surface area contributed by atoms with Gasteiger partial charge in [-0.2, -0.15) is 0 Å². The van der Waals surface area contributed by atoms with E-state index < -0.39 is 0 Å². The van der Waals surface area contributed by atoms with Gasteiger partial charge in [-0.15, -0.1) is 0 Å². The Balaban J connectivity index is 1.70. The maximum atomic E-state index is 12.7. The van der Waals surface area contributed by atoms with Crippen molar-refractivity contribution in [3.63, 3.8) is 0 Å². The van der Waals surface area contributed by atoms with Crippen molar-refractivity contribution in [2.24, 2.45) is 28.3 Å². The summed E-state index contributed by atoms with van der Waals surface area (Å²) in [6.07, 6.45) is 4.03.